The highest BCUT2D eigenvalue weighted by Crippen LogP contribution is 2.31. The number of Topliss-reactive ketones (excluding diaryl/α,β-unsaturated/α-hetero) is 1. The number of carbonyl (C=O) groups is 3. The Morgan fingerprint density at radius 1 is 1.00 bits per heavy atom. The topological polar surface area (TPSA) is 113 Å². The minimum absolute atomic E-state index is 0.0945. The molecule has 0 aromatic rings. The summed E-state index contributed by atoms with van der Waals surface area (Å²) in [5.41, 5.74) is 5.21. The molecule has 25 heavy (non-hydrogen) atoms. The molecule has 0 aromatic carbocycles. The van der Waals surface area contributed by atoms with Crippen molar-refractivity contribution in [1.82, 2.24) is 14.8 Å². The van der Waals surface area contributed by atoms with Gasteiger partial charge in [0, 0.05) is 51.1 Å². The molecule has 1 aliphatic heterocycles. The van der Waals surface area contributed by atoms with Gasteiger partial charge in [-0.15, -0.1) is 0 Å². The highest BCUT2D eigenvalue weighted by atomic mass is 16.2. The fraction of sp³-hybridized carbons (Fsp3) is 0.824. The minimum Gasteiger partial charge on any atom is -0.369 e. The van der Waals surface area contributed by atoms with Gasteiger partial charge in [-0.3, -0.25) is 29.2 Å². The van der Waals surface area contributed by atoms with Crippen LogP contribution in [-0.2, 0) is 14.4 Å². The lowest BCUT2D eigenvalue weighted by Gasteiger charge is -2.35. The van der Waals surface area contributed by atoms with Gasteiger partial charge in [0.15, 0.2) is 0 Å². The van der Waals surface area contributed by atoms with Crippen molar-refractivity contribution < 1.29 is 14.4 Å². The summed E-state index contributed by atoms with van der Waals surface area (Å²) in [5, 5.41) is 1.29. The Balaban J connectivity index is 1.76. The number of nitrogens with two attached hydrogens (primary N) is 2. The van der Waals surface area contributed by atoms with Gasteiger partial charge in [-0.1, -0.05) is 12.8 Å². The van der Waals surface area contributed by atoms with Gasteiger partial charge in [0.05, 0.1) is 6.54 Å². The van der Waals surface area contributed by atoms with Crippen molar-refractivity contribution >= 4 is 17.6 Å². The van der Waals surface area contributed by atoms with Gasteiger partial charge in [-0.05, 0) is 19.8 Å². The van der Waals surface area contributed by atoms with Gasteiger partial charge < -0.3 is 5.73 Å². The number of amides is 2. The Labute approximate surface area is 149 Å². The van der Waals surface area contributed by atoms with E-state index >= 15 is 0 Å². The van der Waals surface area contributed by atoms with Crippen LogP contribution >= 0.6 is 0 Å². The first-order valence-electron chi connectivity index (χ1n) is 9.18. The lowest BCUT2D eigenvalue weighted by atomic mass is 9.76. The quantitative estimate of drug-likeness (QED) is 0.351. The summed E-state index contributed by atoms with van der Waals surface area (Å²) < 4.78 is 0. The molecule has 8 heteroatoms. The van der Waals surface area contributed by atoms with E-state index in [0.29, 0.717) is 19.6 Å². The number of piperazine rings is 1. The lowest BCUT2D eigenvalue weighted by molar-refractivity contribution is -0.143. The standard InChI is InChI=1S/C17H31N5O3/c1-13(23)14-4-2-3-5-15(14)17(25)22(19)11-10-20-6-8-21(9-7-20)12-16(18)24/h14-15H,2-12,19H2,1H3,(H2,18,24)/t14-,15-/m1/s1. The van der Waals surface area contributed by atoms with Crippen LogP contribution in [0.3, 0.4) is 0 Å². The zero-order valence-electron chi connectivity index (χ0n) is 15.2. The number of carbonyl (C=O) groups excluding carboxylic acids is 3. The minimum atomic E-state index is -0.306. The van der Waals surface area contributed by atoms with Crippen molar-refractivity contribution in [3.05, 3.63) is 0 Å². The second-order valence-corrected chi connectivity index (χ2v) is 7.22. The lowest BCUT2D eigenvalue weighted by Crippen LogP contribution is -2.52. The molecule has 4 N–H and O–H groups in total. The number of hydrazine groups is 1. The molecule has 1 saturated carbocycles. The SMILES string of the molecule is CC(=O)[C@H]1CCCC[C@H]1C(=O)N(N)CCN1CCN(CC(N)=O)CC1. The molecule has 0 bridgehead atoms. The van der Waals surface area contributed by atoms with Gasteiger partial charge in [0.2, 0.25) is 11.8 Å². The summed E-state index contributed by atoms with van der Waals surface area (Å²) in [7, 11) is 0. The summed E-state index contributed by atoms with van der Waals surface area (Å²) in [4.78, 5) is 39.6. The van der Waals surface area contributed by atoms with Crippen LogP contribution in [0.15, 0.2) is 0 Å². The van der Waals surface area contributed by atoms with Crippen LogP contribution in [0.1, 0.15) is 32.6 Å². The molecule has 2 atom stereocenters. The third kappa shape index (κ3) is 5.76. The second-order valence-electron chi connectivity index (χ2n) is 7.22. The number of primary amides is 1. The van der Waals surface area contributed by atoms with Gasteiger partial charge in [0.1, 0.15) is 5.78 Å². The molecule has 0 aromatic heterocycles. The van der Waals surface area contributed by atoms with Crippen molar-refractivity contribution in [2.75, 3.05) is 45.8 Å². The largest absolute Gasteiger partial charge is 0.369 e. The summed E-state index contributed by atoms with van der Waals surface area (Å²) >= 11 is 0. The molecular formula is C17H31N5O3. The smallest absolute Gasteiger partial charge is 0.240 e. The third-order valence-corrected chi connectivity index (χ3v) is 5.39. The molecule has 1 aliphatic carbocycles. The van der Waals surface area contributed by atoms with Gasteiger partial charge in [0.25, 0.3) is 0 Å². The van der Waals surface area contributed by atoms with E-state index in [0.717, 1.165) is 51.9 Å². The maximum absolute atomic E-state index is 12.6. The van der Waals surface area contributed by atoms with Gasteiger partial charge in [-0.25, -0.2) is 5.84 Å². The Morgan fingerprint density at radius 2 is 1.56 bits per heavy atom. The van der Waals surface area contributed by atoms with Gasteiger partial charge in [-0.2, -0.15) is 0 Å². The van der Waals surface area contributed by atoms with Crippen LogP contribution in [0, 0.1) is 11.8 Å². The van der Waals surface area contributed by atoms with E-state index in [4.69, 9.17) is 11.6 Å². The van der Waals surface area contributed by atoms with Crippen molar-refractivity contribution in [3.63, 3.8) is 0 Å². The number of nitrogens with zero attached hydrogens (tertiary/aromatic N) is 3. The Kier molecular flexibility index (Phi) is 7.34. The maximum Gasteiger partial charge on any atom is 0.240 e. The van der Waals surface area contributed by atoms with Crippen LogP contribution in [0.5, 0.6) is 0 Å². The summed E-state index contributed by atoms with van der Waals surface area (Å²) in [6.07, 6.45) is 3.54. The number of rotatable bonds is 7. The van der Waals surface area contributed by atoms with Gasteiger partial charge >= 0.3 is 0 Å². The molecule has 2 amide bonds. The monoisotopic (exact) mass is 353 g/mol. The molecule has 2 fully saturated rings. The van der Waals surface area contributed by atoms with E-state index in [2.05, 4.69) is 4.90 Å². The molecule has 0 radical (unpaired) electrons. The summed E-state index contributed by atoms with van der Waals surface area (Å²) in [6, 6.07) is 0. The zero-order valence-corrected chi connectivity index (χ0v) is 15.2. The van der Waals surface area contributed by atoms with Crippen molar-refractivity contribution in [2.45, 2.75) is 32.6 Å². The van der Waals surface area contributed by atoms with Crippen LogP contribution in [0.25, 0.3) is 0 Å². The molecule has 8 nitrogen and oxygen atoms in total. The molecule has 1 saturated heterocycles. The Morgan fingerprint density at radius 3 is 2.12 bits per heavy atom. The first-order valence-corrected chi connectivity index (χ1v) is 9.18. The molecule has 0 unspecified atom stereocenters. The third-order valence-electron chi connectivity index (χ3n) is 5.39. The second kappa shape index (κ2) is 9.26. The van der Waals surface area contributed by atoms with Crippen LogP contribution < -0.4 is 11.6 Å². The fourth-order valence-electron chi connectivity index (χ4n) is 3.88. The zero-order chi connectivity index (χ0) is 18.4. The van der Waals surface area contributed by atoms with Crippen molar-refractivity contribution in [3.8, 4) is 0 Å². The van der Waals surface area contributed by atoms with E-state index in [1.54, 1.807) is 6.92 Å². The first kappa shape index (κ1) is 19.8. The molecular weight excluding hydrogens is 322 g/mol. The number of hydrogen-bond donors (Lipinski definition) is 2. The highest BCUT2D eigenvalue weighted by Gasteiger charge is 2.35. The molecule has 142 valence electrons. The van der Waals surface area contributed by atoms with E-state index in [1.165, 1.54) is 5.01 Å². The average Bonchev–Trinajstić information content (AvgIpc) is 2.59. The summed E-state index contributed by atoms with van der Waals surface area (Å²) in [5.74, 6) is 5.24. The van der Waals surface area contributed by atoms with E-state index in [1.807, 2.05) is 4.90 Å². The fourth-order valence-corrected chi connectivity index (χ4v) is 3.88. The van der Waals surface area contributed by atoms with E-state index < -0.39 is 0 Å². The van der Waals surface area contributed by atoms with Crippen LogP contribution in [0.4, 0.5) is 0 Å². The average molecular weight is 353 g/mol. The number of ketones is 1. The molecule has 0 spiro atoms. The van der Waals surface area contributed by atoms with E-state index in [-0.39, 0.29) is 29.4 Å². The predicted octanol–water partition coefficient (Wildman–Crippen LogP) is -0.813. The van der Waals surface area contributed by atoms with E-state index in [9.17, 15) is 14.4 Å². The molecule has 2 rings (SSSR count). The molecule has 1 heterocycles. The Bertz CT molecular complexity index is 491. The molecule has 2 aliphatic rings. The van der Waals surface area contributed by atoms with Crippen LogP contribution in [-0.4, -0.2) is 78.2 Å². The summed E-state index contributed by atoms with van der Waals surface area (Å²) in [6.45, 7) is 6.25. The Hall–Kier alpha value is -1.51. The predicted molar refractivity (Wildman–Crippen MR) is 94.1 cm³/mol. The van der Waals surface area contributed by atoms with Crippen molar-refractivity contribution in [1.29, 1.82) is 0 Å². The highest BCUT2D eigenvalue weighted by molar-refractivity contribution is 5.87. The van der Waals surface area contributed by atoms with Crippen LogP contribution in [0.2, 0.25) is 0 Å². The number of hydrogen-bond acceptors (Lipinski definition) is 6. The normalized spacial score (nSPS) is 25.5. The van der Waals surface area contributed by atoms with Crippen molar-refractivity contribution in [2.24, 2.45) is 23.4 Å². The maximum atomic E-state index is 12.6. The first-order chi connectivity index (χ1) is 11.9.